The Morgan fingerprint density at radius 3 is 2.83 bits per heavy atom. The van der Waals surface area contributed by atoms with E-state index < -0.39 is 0 Å². The third-order valence-corrected chi connectivity index (χ3v) is 2.25. The Labute approximate surface area is 73.9 Å². The topological polar surface area (TPSA) is 36.3 Å². The van der Waals surface area contributed by atoms with E-state index in [1.807, 2.05) is 0 Å². The number of nitriles is 1. The molecule has 1 atom stereocenters. The Morgan fingerprint density at radius 2 is 2.25 bits per heavy atom. The molecular formula is C9H16N2O. The molecule has 1 aliphatic heterocycles. The summed E-state index contributed by atoms with van der Waals surface area (Å²) in [6, 6.07) is 2.72. The Morgan fingerprint density at radius 1 is 1.50 bits per heavy atom. The second-order valence-electron chi connectivity index (χ2n) is 3.41. The van der Waals surface area contributed by atoms with Gasteiger partial charge in [0.05, 0.1) is 12.7 Å². The van der Waals surface area contributed by atoms with E-state index >= 15 is 0 Å². The number of hydrogen-bond acceptors (Lipinski definition) is 3. The van der Waals surface area contributed by atoms with Gasteiger partial charge in [-0.2, -0.15) is 5.26 Å². The molecule has 0 bridgehead atoms. The van der Waals surface area contributed by atoms with Crippen molar-refractivity contribution in [2.45, 2.75) is 32.4 Å². The highest BCUT2D eigenvalue weighted by Gasteiger charge is 2.17. The number of rotatable bonds is 1. The van der Waals surface area contributed by atoms with Crippen molar-refractivity contribution in [3.8, 4) is 6.07 Å². The molecule has 68 valence electrons. The molecular weight excluding hydrogens is 152 g/mol. The van der Waals surface area contributed by atoms with Crippen LogP contribution in [0.4, 0.5) is 0 Å². The number of hydrogen-bond donors (Lipinski definition) is 0. The molecule has 1 saturated heterocycles. The van der Waals surface area contributed by atoms with Gasteiger partial charge in [0.2, 0.25) is 0 Å². The van der Waals surface area contributed by atoms with Gasteiger partial charge in [0.1, 0.15) is 6.10 Å². The highest BCUT2D eigenvalue weighted by atomic mass is 16.5. The van der Waals surface area contributed by atoms with E-state index in [4.69, 9.17) is 10.00 Å². The maximum atomic E-state index is 8.65. The molecule has 1 aliphatic rings. The van der Waals surface area contributed by atoms with Crippen LogP contribution in [0.3, 0.4) is 0 Å². The molecule has 0 aromatic heterocycles. The first-order valence-electron chi connectivity index (χ1n) is 4.49. The average Bonchev–Trinajstić information content (AvgIpc) is 2.28. The lowest BCUT2D eigenvalue weighted by Gasteiger charge is -2.23. The summed E-state index contributed by atoms with van der Waals surface area (Å²) in [7, 11) is 0. The van der Waals surface area contributed by atoms with Gasteiger partial charge in [0, 0.05) is 19.1 Å². The first kappa shape index (κ1) is 9.50. The van der Waals surface area contributed by atoms with Crippen LogP contribution >= 0.6 is 0 Å². The van der Waals surface area contributed by atoms with Crippen LogP contribution in [-0.2, 0) is 4.74 Å². The summed E-state index contributed by atoms with van der Waals surface area (Å²) in [4.78, 5) is 2.34. The Balaban J connectivity index is 2.40. The second-order valence-corrected chi connectivity index (χ2v) is 3.41. The smallest absolute Gasteiger partial charge is 0.145 e. The fraction of sp³-hybridized carbons (Fsp3) is 0.889. The third kappa shape index (κ3) is 2.47. The fourth-order valence-corrected chi connectivity index (χ4v) is 1.41. The highest BCUT2D eigenvalue weighted by molar-refractivity contribution is 4.86. The molecule has 1 rings (SSSR count). The van der Waals surface area contributed by atoms with Crippen LogP contribution in [0, 0.1) is 11.3 Å². The largest absolute Gasteiger partial charge is 0.362 e. The molecule has 1 unspecified atom stereocenters. The fourth-order valence-electron chi connectivity index (χ4n) is 1.41. The quantitative estimate of drug-likeness (QED) is 0.586. The second kappa shape index (κ2) is 4.44. The van der Waals surface area contributed by atoms with Crippen molar-refractivity contribution >= 4 is 0 Å². The van der Waals surface area contributed by atoms with Crippen molar-refractivity contribution < 1.29 is 4.74 Å². The van der Waals surface area contributed by atoms with E-state index in [0.717, 1.165) is 19.5 Å². The van der Waals surface area contributed by atoms with E-state index in [-0.39, 0.29) is 6.10 Å². The summed E-state index contributed by atoms with van der Waals surface area (Å²) >= 11 is 0. The number of ether oxygens (including phenoxy) is 1. The van der Waals surface area contributed by atoms with Gasteiger partial charge in [0.15, 0.2) is 0 Å². The van der Waals surface area contributed by atoms with Gasteiger partial charge >= 0.3 is 0 Å². The molecule has 1 heterocycles. The maximum Gasteiger partial charge on any atom is 0.145 e. The van der Waals surface area contributed by atoms with E-state index in [9.17, 15) is 0 Å². The Hall–Kier alpha value is -0.590. The van der Waals surface area contributed by atoms with Crippen LogP contribution in [0.25, 0.3) is 0 Å². The van der Waals surface area contributed by atoms with Crippen molar-refractivity contribution in [2.24, 2.45) is 0 Å². The van der Waals surface area contributed by atoms with Gasteiger partial charge in [-0.1, -0.05) is 0 Å². The molecule has 3 nitrogen and oxygen atoms in total. The summed E-state index contributed by atoms with van der Waals surface area (Å²) in [5.74, 6) is 0. The molecule has 0 amide bonds. The van der Waals surface area contributed by atoms with Gasteiger partial charge in [-0.05, 0) is 20.3 Å². The highest BCUT2D eigenvalue weighted by Crippen LogP contribution is 2.08. The van der Waals surface area contributed by atoms with Crippen molar-refractivity contribution in [3.05, 3.63) is 0 Å². The molecule has 0 N–H and O–H groups in total. The van der Waals surface area contributed by atoms with Crippen molar-refractivity contribution in [1.29, 1.82) is 5.26 Å². The molecule has 0 radical (unpaired) electrons. The summed E-state index contributed by atoms with van der Waals surface area (Å²) in [6.07, 6.45) is 0.656. The summed E-state index contributed by atoms with van der Waals surface area (Å²) in [5, 5.41) is 8.65. The predicted molar refractivity (Wildman–Crippen MR) is 46.7 cm³/mol. The monoisotopic (exact) mass is 168 g/mol. The Bertz CT molecular complexity index is 174. The van der Waals surface area contributed by atoms with Crippen LogP contribution in [0.1, 0.15) is 20.3 Å². The minimum Gasteiger partial charge on any atom is -0.362 e. The molecule has 12 heavy (non-hydrogen) atoms. The minimum atomic E-state index is -0.186. The zero-order valence-corrected chi connectivity index (χ0v) is 7.79. The zero-order chi connectivity index (χ0) is 8.97. The van der Waals surface area contributed by atoms with Gasteiger partial charge in [-0.3, -0.25) is 4.90 Å². The van der Waals surface area contributed by atoms with Crippen molar-refractivity contribution in [1.82, 2.24) is 4.90 Å². The third-order valence-electron chi connectivity index (χ3n) is 2.25. The average molecular weight is 168 g/mol. The first-order chi connectivity index (χ1) is 5.74. The number of nitrogens with zero attached hydrogens (tertiary/aromatic N) is 2. The van der Waals surface area contributed by atoms with E-state index in [1.165, 1.54) is 0 Å². The summed E-state index contributed by atoms with van der Waals surface area (Å²) < 4.78 is 5.33. The summed E-state index contributed by atoms with van der Waals surface area (Å²) in [6.45, 7) is 6.97. The van der Waals surface area contributed by atoms with Crippen LogP contribution in [0.5, 0.6) is 0 Å². The molecule has 0 aromatic carbocycles. The van der Waals surface area contributed by atoms with Crippen LogP contribution in [-0.4, -0.2) is 36.7 Å². The molecule has 3 heteroatoms. The lowest BCUT2D eigenvalue weighted by atomic mass is 10.2. The van der Waals surface area contributed by atoms with Gasteiger partial charge in [-0.15, -0.1) is 0 Å². The molecule has 0 aromatic rings. The van der Waals surface area contributed by atoms with E-state index in [1.54, 1.807) is 0 Å². The van der Waals surface area contributed by atoms with Crippen molar-refractivity contribution in [3.63, 3.8) is 0 Å². The van der Waals surface area contributed by atoms with Gasteiger partial charge < -0.3 is 4.74 Å². The first-order valence-corrected chi connectivity index (χ1v) is 4.49. The van der Waals surface area contributed by atoms with Crippen molar-refractivity contribution in [2.75, 3.05) is 19.7 Å². The molecule has 0 aliphatic carbocycles. The van der Waals surface area contributed by atoms with E-state index in [2.05, 4.69) is 24.8 Å². The summed E-state index contributed by atoms with van der Waals surface area (Å²) in [5.41, 5.74) is 0. The van der Waals surface area contributed by atoms with E-state index in [0.29, 0.717) is 12.6 Å². The maximum absolute atomic E-state index is 8.65. The standard InChI is InChI=1S/C9H16N2O/c1-8(2)11-4-3-9(7-10)12-6-5-11/h8-9H,3-6H2,1-2H3. The van der Waals surface area contributed by atoms with Gasteiger partial charge in [-0.25, -0.2) is 0 Å². The molecule has 0 spiro atoms. The lowest BCUT2D eigenvalue weighted by Crippen LogP contribution is -2.32. The lowest BCUT2D eigenvalue weighted by molar-refractivity contribution is 0.0961. The Kier molecular flexibility index (Phi) is 3.51. The zero-order valence-electron chi connectivity index (χ0n) is 7.79. The van der Waals surface area contributed by atoms with Gasteiger partial charge in [0.25, 0.3) is 0 Å². The molecule has 0 saturated carbocycles. The minimum absolute atomic E-state index is 0.186. The normalized spacial score (nSPS) is 26.7. The van der Waals surface area contributed by atoms with Crippen LogP contribution < -0.4 is 0 Å². The van der Waals surface area contributed by atoms with Crippen LogP contribution in [0.2, 0.25) is 0 Å². The predicted octanol–water partition coefficient (Wildman–Crippen LogP) is 1.01. The molecule has 1 fully saturated rings. The van der Waals surface area contributed by atoms with Crippen LogP contribution in [0.15, 0.2) is 0 Å². The SMILES string of the molecule is CC(C)N1CCOC(C#N)CC1.